The van der Waals surface area contributed by atoms with Crippen LogP contribution in [0.25, 0.3) is 91.9 Å². The highest BCUT2D eigenvalue weighted by molar-refractivity contribution is 7.25. The number of fused-ring (bicyclic) bond motifs is 19. The van der Waals surface area contributed by atoms with Crippen molar-refractivity contribution in [2.24, 2.45) is 0 Å². The fourth-order valence-corrected chi connectivity index (χ4v) is 13.8. The molecule has 2 aliphatic heterocycles. The van der Waals surface area contributed by atoms with Crippen molar-refractivity contribution in [1.29, 1.82) is 0 Å². The molecule has 0 atom stereocenters. The van der Waals surface area contributed by atoms with Gasteiger partial charge in [-0.15, -0.1) is 11.3 Å². The first kappa shape index (κ1) is 40.5. The first-order valence-electron chi connectivity index (χ1n) is 24.5. The molecular weight excluding hydrogens is 844 g/mol. The van der Waals surface area contributed by atoms with Crippen LogP contribution in [0.2, 0.25) is 0 Å². The van der Waals surface area contributed by atoms with Crippen LogP contribution in [0.3, 0.4) is 0 Å². The molecule has 0 fully saturated rings. The molecule has 8 aromatic carbocycles. The van der Waals surface area contributed by atoms with Crippen LogP contribution in [0, 0.1) is 0 Å². The molecule has 0 saturated carbocycles. The number of hydrogen-bond donors (Lipinski definition) is 0. The van der Waals surface area contributed by atoms with E-state index in [1.807, 2.05) is 11.3 Å². The van der Waals surface area contributed by atoms with E-state index in [1.165, 1.54) is 120 Å². The highest BCUT2D eigenvalue weighted by Gasteiger charge is 2.50. The number of nitrogens with zero attached hydrogens (tertiary/aromatic N) is 2. The Labute approximate surface area is 403 Å². The third kappa shape index (κ3) is 5.21. The van der Waals surface area contributed by atoms with E-state index in [0.717, 1.165) is 21.9 Å². The summed E-state index contributed by atoms with van der Waals surface area (Å²) in [6.45, 7) is 25.8. The normalized spacial score (nSPS) is 15.0. The Balaban J connectivity index is 1.22. The highest BCUT2D eigenvalue weighted by atomic mass is 32.1. The van der Waals surface area contributed by atoms with Crippen LogP contribution < -0.4 is 15.7 Å². The van der Waals surface area contributed by atoms with Crippen LogP contribution in [0.5, 0.6) is 0 Å². The third-order valence-electron chi connectivity index (χ3n) is 16.2. The monoisotopic (exact) mass is 898 g/mol. The molecule has 3 nitrogen and oxygen atoms in total. The lowest BCUT2D eigenvalue weighted by Crippen LogP contribution is -2.61. The van der Waals surface area contributed by atoms with Crippen LogP contribution in [0.1, 0.15) is 104 Å². The van der Waals surface area contributed by atoms with Crippen molar-refractivity contribution in [2.45, 2.75) is 97.8 Å². The number of aromatic nitrogens is 1. The molecule has 0 saturated heterocycles. The molecule has 3 aliphatic rings. The molecule has 0 spiro atoms. The number of anilines is 2. The van der Waals surface area contributed by atoms with E-state index in [1.54, 1.807) is 0 Å². The van der Waals surface area contributed by atoms with Gasteiger partial charge in [-0.05, 0) is 132 Å². The lowest BCUT2D eigenvalue weighted by molar-refractivity contribution is 0.590. The molecule has 0 unspecified atom stereocenters. The Bertz CT molecular complexity index is 4060. The standard InChI is InChI=1S/C63H55BN2OS/c1-60(2,3)34-20-24-37(25-21-34)66-48-31-42-39-26-22-36(62(7,8)9)29-52(39)68-53(42)32-44(48)56-57-54(40-17-12-14-18-45(40)63(57,10)11)55-43-28-35(61(4,5)6)23-27-47(43)65-49-30-41-38-16-13-15-19-50(38)67-51(41)33-46(49)64(66)58(56)59(55)65/h12-33H,1-11H3. The van der Waals surface area contributed by atoms with Crippen molar-refractivity contribution in [3.8, 4) is 27.9 Å². The fraction of sp³-hybridized carbons (Fsp3) is 0.238. The number of benzene rings is 8. The largest absolute Gasteiger partial charge is 0.456 e. The lowest BCUT2D eigenvalue weighted by atomic mass is 9.43. The smallest absolute Gasteiger partial charge is 0.333 e. The summed E-state index contributed by atoms with van der Waals surface area (Å²) in [7, 11) is 0. The average molecular weight is 899 g/mol. The van der Waals surface area contributed by atoms with Crippen LogP contribution in [0.4, 0.5) is 11.4 Å². The summed E-state index contributed by atoms with van der Waals surface area (Å²) in [6, 6.07) is 51.9. The zero-order valence-electron chi connectivity index (χ0n) is 41.0. The molecule has 0 radical (unpaired) electrons. The molecule has 3 aromatic heterocycles. The molecule has 11 aromatic rings. The van der Waals surface area contributed by atoms with Gasteiger partial charge in [0.25, 0.3) is 0 Å². The summed E-state index contributed by atoms with van der Waals surface area (Å²) < 4.78 is 12.2. The molecule has 1 aliphatic carbocycles. The van der Waals surface area contributed by atoms with Gasteiger partial charge in [0.1, 0.15) is 11.2 Å². The van der Waals surface area contributed by atoms with Gasteiger partial charge in [0.05, 0.1) is 11.0 Å². The van der Waals surface area contributed by atoms with Crippen molar-refractivity contribution < 1.29 is 4.42 Å². The van der Waals surface area contributed by atoms with Crippen LogP contribution in [-0.2, 0) is 21.7 Å². The second-order valence-electron chi connectivity index (χ2n) is 23.8. The number of hydrogen-bond acceptors (Lipinski definition) is 3. The summed E-state index contributed by atoms with van der Waals surface area (Å²) in [4.78, 5) is 2.71. The number of rotatable bonds is 1. The van der Waals surface area contributed by atoms with Gasteiger partial charge in [-0.1, -0.05) is 149 Å². The van der Waals surface area contributed by atoms with E-state index >= 15 is 0 Å². The summed E-state index contributed by atoms with van der Waals surface area (Å²) in [5.74, 6) is 0. The molecule has 0 bridgehead atoms. The highest BCUT2D eigenvalue weighted by Crippen LogP contribution is 2.60. The van der Waals surface area contributed by atoms with Crippen LogP contribution in [-0.4, -0.2) is 11.4 Å². The van der Waals surface area contributed by atoms with Gasteiger partial charge < -0.3 is 13.8 Å². The predicted octanol–water partition coefficient (Wildman–Crippen LogP) is 16.5. The quantitative estimate of drug-likeness (QED) is 0.153. The molecule has 5 heteroatoms. The Hall–Kier alpha value is -6.56. The maximum Gasteiger partial charge on any atom is 0.333 e. The zero-order chi connectivity index (χ0) is 46.7. The van der Waals surface area contributed by atoms with Gasteiger partial charge in [0.15, 0.2) is 0 Å². The molecular formula is C63H55BN2OS. The first-order chi connectivity index (χ1) is 32.4. The molecule has 0 amide bonds. The van der Waals surface area contributed by atoms with Gasteiger partial charge in [-0.2, -0.15) is 0 Å². The van der Waals surface area contributed by atoms with Crippen molar-refractivity contribution in [3.63, 3.8) is 0 Å². The Morgan fingerprint density at radius 3 is 1.96 bits per heavy atom. The summed E-state index contributed by atoms with van der Waals surface area (Å²) in [5.41, 5.74) is 22.8. The zero-order valence-corrected chi connectivity index (χ0v) is 41.8. The van der Waals surface area contributed by atoms with E-state index in [9.17, 15) is 0 Å². The van der Waals surface area contributed by atoms with Gasteiger partial charge in [0.2, 0.25) is 0 Å². The van der Waals surface area contributed by atoms with Gasteiger partial charge in [-0.25, -0.2) is 0 Å². The van der Waals surface area contributed by atoms with Gasteiger partial charge >= 0.3 is 6.85 Å². The Morgan fingerprint density at radius 1 is 0.529 bits per heavy atom. The van der Waals surface area contributed by atoms with Crippen molar-refractivity contribution in [3.05, 3.63) is 161 Å². The molecule has 68 heavy (non-hydrogen) atoms. The summed E-state index contributed by atoms with van der Waals surface area (Å²) >= 11 is 1.95. The number of thiophene rings is 1. The number of para-hydroxylation sites is 1. The van der Waals surface area contributed by atoms with Crippen molar-refractivity contribution >= 4 is 104 Å². The Morgan fingerprint density at radius 2 is 1.19 bits per heavy atom. The molecule has 0 N–H and O–H groups in total. The van der Waals surface area contributed by atoms with Gasteiger partial charge in [-0.3, -0.25) is 0 Å². The lowest BCUT2D eigenvalue weighted by Gasteiger charge is -2.44. The minimum atomic E-state index is -0.278. The molecule has 14 rings (SSSR count). The topological polar surface area (TPSA) is 21.3 Å². The molecule has 332 valence electrons. The third-order valence-corrected chi connectivity index (χ3v) is 17.3. The minimum absolute atomic E-state index is 0.0170. The average Bonchev–Trinajstić information content (AvgIpc) is 4.02. The van der Waals surface area contributed by atoms with E-state index < -0.39 is 0 Å². The van der Waals surface area contributed by atoms with Crippen molar-refractivity contribution in [2.75, 3.05) is 4.81 Å². The van der Waals surface area contributed by atoms with E-state index in [4.69, 9.17) is 4.42 Å². The van der Waals surface area contributed by atoms with E-state index in [0.29, 0.717) is 0 Å². The Kier molecular flexibility index (Phi) is 7.71. The predicted molar refractivity (Wildman–Crippen MR) is 294 cm³/mol. The van der Waals surface area contributed by atoms with E-state index in [-0.39, 0.29) is 28.5 Å². The second kappa shape index (κ2) is 12.9. The van der Waals surface area contributed by atoms with Crippen molar-refractivity contribution in [1.82, 2.24) is 4.57 Å². The SMILES string of the molecule is CC(C)(C)c1ccc(N2B3c4cc5oc6ccccc6c5cc4-n4c5ccc(C(C)(C)C)cc5c5c6c(c(c3c54)-c3cc4sc5cc(C(C)(C)C)ccc5c4cc32)C(C)(C)c2ccccc2-6)cc1. The summed E-state index contributed by atoms with van der Waals surface area (Å²) in [5, 5.41) is 7.63. The maximum absolute atomic E-state index is 6.86. The van der Waals surface area contributed by atoms with Crippen LogP contribution in [0.15, 0.2) is 138 Å². The van der Waals surface area contributed by atoms with E-state index in [2.05, 4.69) is 219 Å². The maximum atomic E-state index is 6.86. The number of furan rings is 1. The van der Waals surface area contributed by atoms with Gasteiger partial charge in [0, 0.05) is 69.8 Å². The molecule has 5 heterocycles. The second-order valence-corrected chi connectivity index (χ2v) is 24.8. The fourth-order valence-electron chi connectivity index (χ4n) is 12.7. The van der Waals surface area contributed by atoms with Crippen LogP contribution >= 0.6 is 11.3 Å². The first-order valence-corrected chi connectivity index (χ1v) is 25.3. The minimum Gasteiger partial charge on any atom is -0.456 e. The summed E-state index contributed by atoms with van der Waals surface area (Å²) in [6.07, 6.45) is 0.